The number of nitrogens with two attached hydrogens (primary N) is 1. The van der Waals surface area contributed by atoms with Gasteiger partial charge in [-0.05, 0) is 63.4 Å². The fourth-order valence-electron chi connectivity index (χ4n) is 3.02. The van der Waals surface area contributed by atoms with Crippen LogP contribution >= 0.6 is 24.0 Å². The van der Waals surface area contributed by atoms with Crippen LogP contribution in [-0.4, -0.2) is 36.5 Å². The van der Waals surface area contributed by atoms with Crippen LogP contribution in [0, 0.1) is 13.8 Å². The third-order valence-electron chi connectivity index (χ3n) is 4.10. The van der Waals surface area contributed by atoms with Gasteiger partial charge in [-0.25, -0.2) is 0 Å². The van der Waals surface area contributed by atoms with Crippen molar-refractivity contribution in [3.05, 3.63) is 29.3 Å². The Morgan fingerprint density at radius 2 is 1.95 bits per heavy atom. The van der Waals surface area contributed by atoms with Crippen molar-refractivity contribution in [2.45, 2.75) is 46.1 Å². The van der Waals surface area contributed by atoms with E-state index in [0.29, 0.717) is 12.0 Å². The van der Waals surface area contributed by atoms with Crippen LogP contribution in [0.1, 0.15) is 37.3 Å². The van der Waals surface area contributed by atoms with Crippen LogP contribution in [0.3, 0.4) is 0 Å². The Kier molecular flexibility index (Phi) is 8.17. The topological polar surface area (TPSA) is 53.6 Å². The predicted molar refractivity (Wildman–Crippen MR) is 106 cm³/mol. The molecule has 0 spiro atoms. The average molecular weight is 416 g/mol. The summed E-state index contributed by atoms with van der Waals surface area (Å²) in [5, 5.41) is 3.18. The number of halogens is 1. The van der Waals surface area contributed by atoms with Gasteiger partial charge in [-0.3, -0.25) is 9.89 Å². The summed E-state index contributed by atoms with van der Waals surface area (Å²) in [5.41, 5.74) is 9.45. The molecule has 0 aromatic heterocycles. The maximum absolute atomic E-state index is 5.98. The van der Waals surface area contributed by atoms with Crippen molar-refractivity contribution in [1.29, 1.82) is 0 Å². The van der Waals surface area contributed by atoms with Crippen LogP contribution in [0.25, 0.3) is 0 Å². The number of aliphatic imine (C=N–C) groups is 1. The minimum atomic E-state index is 0. The molecule has 1 fully saturated rings. The number of guanidine groups is 1. The van der Waals surface area contributed by atoms with Gasteiger partial charge < -0.3 is 11.1 Å². The number of hydrogen-bond acceptors (Lipinski definition) is 2. The van der Waals surface area contributed by atoms with Gasteiger partial charge in [0.05, 0.1) is 6.54 Å². The second kappa shape index (κ2) is 9.35. The highest BCUT2D eigenvalue weighted by atomic mass is 127. The van der Waals surface area contributed by atoms with Crippen LogP contribution in [0.2, 0.25) is 0 Å². The number of benzene rings is 1. The molecule has 0 amide bonds. The molecule has 2 rings (SSSR count). The number of anilines is 1. The van der Waals surface area contributed by atoms with E-state index < -0.39 is 0 Å². The standard InChI is InChI=1S/C17H28N4.HI/c1-13-10-14(2)12-16(11-13)20-17(18)19-7-9-21-8-5-4-6-15(21)3;/h10-12,15H,4-9H2,1-3H3,(H3,18,19,20);1H. The van der Waals surface area contributed by atoms with Crippen molar-refractivity contribution in [2.24, 2.45) is 10.7 Å². The maximum Gasteiger partial charge on any atom is 0.193 e. The molecule has 0 bridgehead atoms. The lowest BCUT2D eigenvalue weighted by Gasteiger charge is -2.32. The quantitative estimate of drug-likeness (QED) is 0.449. The Morgan fingerprint density at radius 3 is 2.59 bits per heavy atom. The van der Waals surface area contributed by atoms with E-state index in [0.717, 1.165) is 18.8 Å². The van der Waals surface area contributed by atoms with Crippen molar-refractivity contribution in [3.8, 4) is 0 Å². The summed E-state index contributed by atoms with van der Waals surface area (Å²) in [7, 11) is 0. The molecule has 1 unspecified atom stereocenters. The molecular weight excluding hydrogens is 387 g/mol. The molecule has 124 valence electrons. The third kappa shape index (κ3) is 6.12. The zero-order chi connectivity index (χ0) is 15.2. The molecule has 1 atom stereocenters. The summed E-state index contributed by atoms with van der Waals surface area (Å²) in [6.45, 7) is 9.43. The predicted octanol–water partition coefficient (Wildman–Crippen LogP) is 3.52. The monoisotopic (exact) mass is 416 g/mol. The summed E-state index contributed by atoms with van der Waals surface area (Å²) >= 11 is 0. The minimum absolute atomic E-state index is 0. The lowest BCUT2D eigenvalue weighted by atomic mass is 10.0. The number of nitrogens with zero attached hydrogens (tertiary/aromatic N) is 2. The summed E-state index contributed by atoms with van der Waals surface area (Å²) < 4.78 is 0. The van der Waals surface area contributed by atoms with Gasteiger partial charge in [-0.2, -0.15) is 0 Å². The number of likely N-dealkylation sites (tertiary alicyclic amines) is 1. The molecule has 1 aromatic rings. The smallest absolute Gasteiger partial charge is 0.193 e. The van der Waals surface area contributed by atoms with Crippen LogP contribution in [-0.2, 0) is 0 Å². The highest BCUT2D eigenvalue weighted by Crippen LogP contribution is 2.16. The lowest BCUT2D eigenvalue weighted by molar-refractivity contribution is 0.166. The number of nitrogens with one attached hydrogen (secondary N) is 1. The molecule has 3 N–H and O–H groups in total. The number of aryl methyl sites for hydroxylation is 2. The van der Waals surface area contributed by atoms with Gasteiger partial charge in [0.1, 0.15) is 0 Å². The van der Waals surface area contributed by atoms with Crippen molar-refractivity contribution in [1.82, 2.24) is 4.90 Å². The van der Waals surface area contributed by atoms with E-state index in [1.165, 1.54) is 36.9 Å². The first-order valence-corrected chi connectivity index (χ1v) is 7.94. The number of rotatable bonds is 4. The molecule has 1 aromatic carbocycles. The van der Waals surface area contributed by atoms with E-state index >= 15 is 0 Å². The van der Waals surface area contributed by atoms with Gasteiger partial charge >= 0.3 is 0 Å². The van der Waals surface area contributed by atoms with Gasteiger partial charge in [0.25, 0.3) is 0 Å². The summed E-state index contributed by atoms with van der Waals surface area (Å²) in [4.78, 5) is 6.96. The summed E-state index contributed by atoms with van der Waals surface area (Å²) in [5.74, 6) is 0.504. The first-order valence-electron chi connectivity index (χ1n) is 7.94. The Balaban J connectivity index is 0.00000242. The summed E-state index contributed by atoms with van der Waals surface area (Å²) in [6.07, 6.45) is 3.97. The molecule has 1 heterocycles. The molecule has 0 radical (unpaired) electrons. The maximum atomic E-state index is 5.98. The van der Waals surface area contributed by atoms with Gasteiger partial charge in [0, 0.05) is 18.3 Å². The van der Waals surface area contributed by atoms with Crippen LogP contribution in [0.4, 0.5) is 5.69 Å². The minimum Gasteiger partial charge on any atom is -0.370 e. The summed E-state index contributed by atoms with van der Waals surface area (Å²) in [6, 6.07) is 7.00. The fraction of sp³-hybridized carbons (Fsp3) is 0.588. The Hall–Kier alpha value is -0.820. The molecule has 4 nitrogen and oxygen atoms in total. The lowest BCUT2D eigenvalue weighted by Crippen LogP contribution is -2.39. The largest absolute Gasteiger partial charge is 0.370 e. The Bertz CT molecular complexity index is 481. The van der Waals surface area contributed by atoms with Crippen LogP contribution in [0.15, 0.2) is 23.2 Å². The zero-order valence-corrected chi connectivity index (χ0v) is 16.3. The van der Waals surface area contributed by atoms with E-state index in [-0.39, 0.29) is 24.0 Å². The molecule has 1 aliphatic rings. The number of piperidine rings is 1. The first kappa shape index (κ1) is 19.2. The van der Waals surface area contributed by atoms with Crippen LogP contribution < -0.4 is 11.1 Å². The van der Waals surface area contributed by atoms with Crippen LogP contribution in [0.5, 0.6) is 0 Å². The fourth-order valence-corrected chi connectivity index (χ4v) is 3.02. The van der Waals surface area contributed by atoms with Gasteiger partial charge in [0.2, 0.25) is 0 Å². The van der Waals surface area contributed by atoms with Gasteiger partial charge in [-0.15, -0.1) is 24.0 Å². The second-order valence-corrected chi connectivity index (χ2v) is 6.15. The van der Waals surface area contributed by atoms with E-state index in [4.69, 9.17) is 5.73 Å². The molecule has 1 saturated heterocycles. The first-order chi connectivity index (χ1) is 10.0. The average Bonchev–Trinajstić information content (AvgIpc) is 2.39. The molecule has 5 heteroatoms. The molecule has 0 aliphatic carbocycles. The second-order valence-electron chi connectivity index (χ2n) is 6.15. The Morgan fingerprint density at radius 1 is 1.27 bits per heavy atom. The molecule has 0 saturated carbocycles. The van der Waals surface area contributed by atoms with E-state index in [2.05, 4.69) is 54.2 Å². The highest BCUT2D eigenvalue weighted by molar-refractivity contribution is 14.0. The van der Waals surface area contributed by atoms with Crippen molar-refractivity contribution in [2.75, 3.05) is 25.0 Å². The third-order valence-corrected chi connectivity index (χ3v) is 4.10. The molecular formula is C17H29IN4. The molecule has 22 heavy (non-hydrogen) atoms. The van der Waals surface area contributed by atoms with Crippen molar-refractivity contribution in [3.63, 3.8) is 0 Å². The highest BCUT2D eigenvalue weighted by Gasteiger charge is 2.16. The van der Waals surface area contributed by atoms with E-state index in [1.807, 2.05) is 0 Å². The molecule has 1 aliphatic heterocycles. The van der Waals surface area contributed by atoms with Crippen molar-refractivity contribution >= 4 is 35.6 Å². The zero-order valence-electron chi connectivity index (χ0n) is 13.9. The van der Waals surface area contributed by atoms with Crippen molar-refractivity contribution < 1.29 is 0 Å². The number of hydrogen-bond donors (Lipinski definition) is 2. The SMILES string of the molecule is Cc1cc(C)cc(NC(N)=NCCN2CCCCC2C)c1.I. The Labute approximate surface area is 151 Å². The van der Waals surface area contributed by atoms with E-state index in [9.17, 15) is 0 Å². The van der Waals surface area contributed by atoms with Gasteiger partial charge in [0.15, 0.2) is 5.96 Å². The normalized spacial score (nSPS) is 19.6. The van der Waals surface area contributed by atoms with E-state index in [1.54, 1.807) is 0 Å². The van der Waals surface area contributed by atoms with Gasteiger partial charge in [-0.1, -0.05) is 12.5 Å².